The molecule has 4 heteroatoms. The third-order valence-corrected chi connectivity index (χ3v) is 4.01. The molecule has 110 valence electrons. The molecule has 1 aliphatic carbocycles. The Bertz CT molecular complexity index is 939. The topological polar surface area (TPSA) is 52.1 Å². The van der Waals surface area contributed by atoms with Gasteiger partial charge in [0.25, 0.3) is 0 Å². The van der Waals surface area contributed by atoms with E-state index in [9.17, 15) is 0 Å². The molecular weight excluding hydrogens is 276 g/mol. The van der Waals surface area contributed by atoms with Crippen molar-refractivity contribution in [1.82, 2.24) is 9.97 Å². The van der Waals surface area contributed by atoms with Crippen LogP contribution in [0.2, 0.25) is 0 Å². The first-order valence-corrected chi connectivity index (χ1v) is 7.43. The maximum Gasteiger partial charge on any atom is 0.223 e. The number of hydrogen-bond donors (Lipinski definition) is 0. The Morgan fingerprint density at radius 1 is 0.909 bits per heavy atom. The third kappa shape index (κ3) is 2.08. The molecule has 0 fully saturated rings. The summed E-state index contributed by atoms with van der Waals surface area (Å²) in [4.78, 5) is 9.10. The Kier molecular flexibility index (Phi) is 2.96. The molecule has 4 rings (SSSR count). The van der Waals surface area contributed by atoms with Gasteiger partial charge in [0.15, 0.2) is 11.0 Å². The minimum Gasteiger partial charge on any atom is -0.437 e. The van der Waals surface area contributed by atoms with Gasteiger partial charge in [0.1, 0.15) is 10.9 Å². The number of para-hydroxylation sites is 2. The third-order valence-electron chi connectivity index (χ3n) is 4.01. The standard InChI is InChI=1S/C18H16N2O2/c1-11(17-19-13-7-3-5-9-15(13)21-17)12(2)18-20-14-8-4-6-10-16(14)22-18/h3,5,7-10H,4,6H2,1-2H3/b12-11+. The Labute approximate surface area is 127 Å². The van der Waals surface area contributed by atoms with Gasteiger partial charge in [0.2, 0.25) is 11.8 Å². The average molecular weight is 292 g/mol. The van der Waals surface area contributed by atoms with Crippen LogP contribution in [0.4, 0.5) is 0 Å². The zero-order chi connectivity index (χ0) is 15.1. The highest BCUT2D eigenvalue weighted by Crippen LogP contribution is 2.26. The van der Waals surface area contributed by atoms with Gasteiger partial charge in [0.05, 0.1) is 0 Å². The highest BCUT2D eigenvalue weighted by atomic mass is 16.4. The van der Waals surface area contributed by atoms with Crippen molar-refractivity contribution in [3.05, 3.63) is 46.8 Å². The average Bonchev–Trinajstić information content (AvgIpc) is 3.16. The lowest BCUT2D eigenvalue weighted by Gasteiger charge is -1.99. The number of rotatable bonds is 2. The fraction of sp³-hybridized carbons (Fsp3) is 0.222. The molecule has 2 heterocycles. The van der Waals surface area contributed by atoms with Crippen molar-refractivity contribution >= 4 is 34.4 Å². The summed E-state index contributed by atoms with van der Waals surface area (Å²) >= 11 is 0. The zero-order valence-corrected chi connectivity index (χ0v) is 12.6. The number of hydrogen-bond acceptors (Lipinski definition) is 4. The van der Waals surface area contributed by atoms with Crippen LogP contribution >= 0.6 is 0 Å². The summed E-state index contributed by atoms with van der Waals surface area (Å²) in [5.74, 6) is 1.25. The van der Waals surface area contributed by atoms with E-state index in [-0.39, 0.29) is 0 Å². The predicted molar refractivity (Wildman–Crippen MR) is 86.1 cm³/mol. The molecule has 0 saturated carbocycles. The molecule has 1 aromatic carbocycles. The molecule has 1 aliphatic rings. The van der Waals surface area contributed by atoms with Crippen molar-refractivity contribution in [2.24, 2.45) is 0 Å². The van der Waals surface area contributed by atoms with Crippen LogP contribution in [-0.2, 0) is 0 Å². The van der Waals surface area contributed by atoms with Crippen LogP contribution in [0.5, 0.6) is 0 Å². The molecule has 0 radical (unpaired) electrons. The Balaban J connectivity index is 1.83. The van der Waals surface area contributed by atoms with E-state index in [4.69, 9.17) is 8.83 Å². The summed E-state index contributed by atoms with van der Waals surface area (Å²) in [6.07, 6.45) is 6.23. The van der Waals surface area contributed by atoms with Crippen LogP contribution in [-0.4, -0.2) is 9.97 Å². The molecule has 0 unspecified atom stereocenters. The largest absolute Gasteiger partial charge is 0.437 e. The maximum absolute atomic E-state index is 5.86. The first kappa shape index (κ1) is 13.1. The fourth-order valence-electron chi connectivity index (χ4n) is 2.58. The van der Waals surface area contributed by atoms with Gasteiger partial charge in [-0.2, -0.15) is 0 Å². The van der Waals surface area contributed by atoms with Crippen LogP contribution in [0.1, 0.15) is 38.5 Å². The lowest BCUT2D eigenvalue weighted by Crippen LogP contribution is -2.23. The SMILES string of the molecule is C/C(=C(/C)c1nc2ccccc2o1)c1nc2c(o1)=CCCC=2. The number of oxazole rings is 2. The molecule has 0 aliphatic heterocycles. The molecular formula is C18H16N2O2. The predicted octanol–water partition coefficient (Wildman–Crippen LogP) is 3.12. The minimum absolute atomic E-state index is 0.614. The van der Waals surface area contributed by atoms with Crippen molar-refractivity contribution in [2.45, 2.75) is 26.7 Å². The van der Waals surface area contributed by atoms with Crippen LogP contribution < -0.4 is 10.8 Å². The van der Waals surface area contributed by atoms with E-state index in [1.807, 2.05) is 38.1 Å². The first-order chi connectivity index (χ1) is 10.7. The van der Waals surface area contributed by atoms with E-state index in [0.717, 1.165) is 45.9 Å². The van der Waals surface area contributed by atoms with Crippen LogP contribution in [0.15, 0.2) is 33.1 Å². The van der Waals surface area contributed by atoms with Crippen molar-refractivity contribution in [1.29, 1.82) is 0 Å². The number of benzene rings is 1. The monoisotopic (exact) mass is 292 g/mol. The van der Waals surface area contributed by atoms with Crippen LogP contribution in [0.25, 0.3) is 34.4 Å². The summed E-state index contributed by atoms with van der Waals surface area (Å²) in [5.41, 5.74) is 4.40. The molecule has 0 N–H and O–H groups in total. The molecule has 0 atom stereocenters. The molecule has 0 saturated heterocycles. The fourth-order valence-corrected chi connectivity index (χ4v) is 2.58. The van der Waals surface area contributed by atoms with Gasteiger partial charge in [-0.25, -0.2) is 9.97 Å². The number of allylic oxidation sites excluding steroid dienone is 2. The summed E-state index contributed by atoms with van der Waals surface area (Å²) < 4.78 is 11.7. The number of nitrogens with zero attached hydrogens (tertiary/aromatic N) is 2. The van der Waals surface area contributed by atoms with Gasteiger partial charge in [0, 0.05) is 11.1 Å². The van der Waals surface area contributed by atoms with Gasteiger partial charge in [-0.05, 0) is 44.9 Å². The van der Waals surface area contributed by atoms with E-state index in [1.54, 1.807) is 0 Å². The Morgan fingerprint density at radius 3 is 2.41 bits per heavy atom. The summed E-state index contributed by atoms with van der Waals surface area (Å²) in [6.45, 7) is 3.97. The Hall–Kier alpha value is -2.62. The van der Waals surface area contributed by atoms with Crippen molar-refractivity contribution in [2.75, 3.05) is 0 Å². The zero-order valence-electron chi connectivity index (χ0n) is 12.6. The van der Waals surface area contributed by atoms with Crippen molar-refractivity contribution in [3.8, 4) is 0 Å². The number of aromatic nitrogens is 2. The molecule has 3 aromatic rings. The highest BCUT2D eigenvalue weighted by molar-refractivity contribution is 5.86. The van der Waals surface area contributed by atoms with Crippen LogP contribution in [0, 0.1) is 0 Å². The second-order valence-corrected chi connectivity index (χ2v) is 5.49. The van der Waals surface area contributed by atoms with E-state index in [2.05, 4.69) is 22.1 Å². The Morgan fingerprint density at radius 2 is 1.64 bits per heavy atom. The molecule has 2 aromatic heterocycles. The van der Waals surface area contributed by atoms with E-state index < -0.39 is 0 Å². The summed E-state index contributed by atoms with van der Waals surface area (Å²) in [6, 6.07) is 7.76. The normalized spacial score (nSPS) is 15.0. The van der Waals surface area contributed by atoms with Gasteiger partial charge in [-0.1, -0.05) is 18.2 Å². The molecule has 0 bridgehead atoms. The number of fused-ring (bicyclic) bond motifs is 2. The molecule has 22 heavy (non-hydrogen) atoms. The van der Waals surface area contributed by atoms with Gasteiger partial charge in [-0.15, -0.1) is 0 Å². The first-order valence-electron chi connectivity index (χ1n) is 7.43. The minimum atomic E-state index is 0.614. The van der Waals surface area contributed by atoms with Crippen molar-refractivity contribution in [3.63, 3.8) is 0 Å². The van der Waals surface area contributed by atoms with Crippen molar-refractivity contribution < 1.29 is 8.83 Å². The molecule has 0 amide bonds. The lowest BCUT2D eigenvalue weighted by atomic mass is 10.1. The lowest BCUT2D eigenvalue weighted by molar-refractivity contribution is 0.508. The van der Waals surface area contributed by atoms with Crippen LogP contribution in [0.3, 0.4) is 0 Å². The quantitative estimate of drug-likeness (QED) is 0.728. The molecule has 4 nitrogen and oxygen atoms in total. The van der Waals surface area contributed by atoms with E-state index in [1.165, 1.54) is 0 Å². The smallest absolute Gasteiger partial charge is 0.223 e. The van der Waals surface area contributed by atoms with Gasteiger partial charge in [-0.3, -0.25) is 0 Å². The second kappa shape index (κ2) is 4.98. The molecule has 0 spiro atoms. The summed E-state index contributed by atoms with van der Waals surface area (Å²) in [7, 11) is 0. The highest BCUT2D eigenvalue weighted by Gasteiger charge is 2.14. The van der Waals surface area contributed by atoms with Gasteiger partial charge >= 0.3 is 0 Å². The van der Waals surface area contributed by atoms with E-state index in [0.29, 0.717) is 11.8 Å². The second-order valence-electron chi connectivity index (χ2n) is 5.49. The summed E-state index contributed by atoms with van der Waals surface area (Å²) in [5, 5.41) is 0.936. The van der Waals surface area contributed by atoms with E-state index >= 15 is 0 Å². The van der Waals surface area contributed by atoms with Gasteiger partial charge < -0.3 is 8.83 Å². The maximum atomic E-state index is 5.86.